The maximum Gasteiger partial charge on any atom is 0.126 e. The molecule has 0 aliphatic rings. The van der Waals surface area contributed by atoms with Crippen molar-refractivity contribution < 1.29 is 4.42 Å². The summed E-state index contributed by atoms with van der Waals surface area (Å²) in [6.45, 7) is 0.750. The average molecular weight is 383 g/mol. The highest BCUT2D eigenvalue weighted by Crippen LogP contribution is 2.31. The Morgan fingerprint density at radius 2 is 2.10 bits per heavy atom. The van der Waals surface area contributed by atoms with E-state index in [0.29, 0.717) is 0 Å². The molecule has 21 heavy (non-hydrogen) atoms. The van der Waals surface area contributed by atoms with Crippen LogP contribution in [-0.2, 0) is 6.54 Å². The molecule has 0 amide bonds. The van der Waals surface area contributed by atoms with Crippen LogP contribution in [0.5, 0.6) is 0 Å². The zero-order valence-corrected chi connectivity index (χ0v) is 14.2. The fraction of sp³-hybridized carbons (Fsp3) is 0.125. The van der Waals surface area contributed by atoms with Crippen LogP contribution in [0.2, 0.25) is 4.34 Å². The zero-order valence-electron chi connectivity index (χ0n) is 11.1. The summed E-state index contributed by atoms with van der Waals surface area (Å²) < 4.78 is 7.43. The number of benzene rings is 1. The molecule has 2 aromatic heterocycles. The minimum atomic E-state index is 0.0106. The van der Waals surface area contributed by atoms with Gasteiger partial charge in [-0.25, -0.2) is 0 Å². The molecule has 5 heteroatoms. The van der Waals surface area contributed by atoms with Crippen molar-refractivity contribution in [2.24, 2.45) is 0 Å². The molecule has 2 nitrogen and oxygen atoms in total. The Kier molecular flexibility index (Phi) is 4.80. The van der Waals surface area contributed by atoms with Crippen molar-refractivity contribution in [3.05, 3.63) is 79.8 Å². The van der Waals surface area contributed by atoms with E-state index in [1.54, 1.807) is 17.6 Å². The fourth-order valence-corrected chi connectivity index (χ4v) is 3.74. The van der Waals surface area contributed by atoms with Gasteiger partial charge in [-0.1, -0.05) is 39.7 Å². The summed E-state index contributed by atoms with van der Waals surface area (Å²) in [4.78, 5) is 1.14. The van der Waals surface area contributed by atoms with Gasteiger partial charge < -0.3 is 4.42 Å². The van der Waals surface area contributed by atoms with Gasteiger partial charge >= 0.3 is 0 Å². The van der Waals surface area contributed by atoms with Crippen LogP contribution in [0.4, 0.5) is 0 Å². The molecule has 1 aromatic carbocycles. The summed E-state index contributed by atoms with van der Waals surface area (Å²) in [5, 5.41) is 3.53. The third-order valence-corrected chi connectivity index (χ3v) is 4.89. The molecule has 0 spiro atoms. The maximum atomic E-state index is 6.06. The van der Waals surface area contributed by atoms with E-state index >= 15 is 0 Å². The Labute approximate surface area is 140 Å². The predicted molar refractivity (Wildman–Crippen MR) is 90.9 cm³/mol. The largest absolute Gasteiger partial charge is 0.467 e. The van der Waals surface area contributed by atoms with E-state index in [4.69, 9.17) is 16.0 Å². The number of hydrogen-bond donors (Lipinski definition) is 1. The van der Waals surface area contributed by atoms with E-state index in [1.165, 1.54) is 5.56 Å². The number of thiophene rings is 1. The molecule has 3 aromatic rings. The van der Waals surface area contributed by atoms with Gasteiger partial charge in [-0.05, 0) is 42.0 Å². The molecular formula is C16H13BrClNOS. The van der Waals surface area contributed by atoms with Crippen molar-refractivity contribution in [2.45, 2.75) is 12.6 Å². The van der Waals surface area contributed by atoms with Gasteiger partial charge in [-0.15, -0.1) is 11.3 Å². The Morgan fingerprint density at radius 1 is 1.19 bits per heavy atom. The normalized spacial score (nSPS) is 12.5. The van der Waals surface area contributed by atoms with Gasteiger partial charge in [0.25, 0.3) is 0 Å². The zero-order chi connectivity index (χ0) is 14.7. The fourth-order valence-electron chi connectivity index (χ4n) is 2.15. The Bertz CT molecular complexity index is 711. The summed E-state index contributed by atoms with van der Waals surface area (Å²) in [6.07, 6.45) is 1.69. The first-order valence-corrected chi connectivity index (χ1v) is 8.47. The Morgan fingerprint density at radius 3 is 2.76 bits per heavy atom. The SMILES string of the molecule is Clc1ccc(C(NCc2cccc(Br)c2)c2ccco2)s1. The Hall–Kier alpha value is -1.07. The van der Waals surface area contributed by atoms with Gasteiger partial charge in [0.15, 0.2) is 0 Å². The van der Waals surface area contributed by atoms with Crippen LogP contribution in [-0.4, -0.2) is 0 Å². The van der Waals surface area contributed by atoms with Crippen LogP contribution in [0.3, 0.4) is 0 Å². The summed E-state index contributed by atoms with van der Waals surface area (Å²) in [5.74, 6) is 0.892. The lowest BCUT2D eigenvalue weighted by atomic mass is 10.1. The summed E-state index contributed by atoms with van der Waals surface area (Å²) >= 11 is 11.1. The van der Waals surface area contributed by atoms with Gasteiger partial charge in [-0.2, -0.15) is 0 Å². The van der Waals surface area contributed by atoms with E-state index in [1.807, 2.05) is 36.4 Å². The van der Waals surface area contributed by atoms with Crippen LogP contribution in [0, 0.1) is 0 Å². The number of hydrogen-bond acceptors (Lipinski definition) is 3. The summed E-state index contributed by atoms with van der Waals surface area (Å²) in [5.41, 5.74) is 1.21. The topological polar surface area (TPSA) is 25.2 Å². The monoisotopic (exact) mass is 381 g/mol. The lowest BCUT2D eigenvalue weighted by Crippen LogP contribution is -2.20. The lowest BCUT2D eigenvalue weighted by molar-refractivity contribution is 0.449. The van der Waals surface area contributed by atoms with Crippen molar-refractivity contribution in [1.82, 2.24) is 5.32 Å². The first kappa shape index (κ1) is 14.9. The smallest absolute Gasteiger partial charge is 0.126 e. The van der Waals surface area contributed by atoms with Crippen LogP contribution < -0.4 is 5.32 Å². The Balaban J connectivity index is 1.80. The average Bonchev–Trinajstić information content (AvgIpc) is 3.12. The van der Waals surface area contributed by atoms with E-state index in [0.717, 1.165) is 26.0 Å². The minimum absolute atomic E-state index is 0.0106. The first-order valence-electron chi connectivity index (χ1n) is 6.49. The molecule has 0 saturated carbocycles. The molecule has 0 fully saturated rings. The second-order valence-corrected chi connectivity index (χ2v) is 7.26. The molecule has 0 aliphatic heterocycles. The third-order valence-electron chi connectivity index (χ3n) is 3.11. The van der Waals surface area contributed by atoms with Crippen LogP contribution in [0.1, 0.15) is 22.2 Å². The number of rotatable bonds is 5. The van der Waals surface area contributed by atoms with E-state index < -0.39 is 0 Å². The van der Waals surface area contributed by atoms with Crippen LogP contribution in [0.25, 0.3) is 0 Å². The number of furan rings is 1. The number of nitrogens with one attached hydrogen (secondary N) is 1. The molecule has 108 valence electrons. The third kappa shape index (κ3) is 3.77. The van der Waals surface area contributed by atoms with Crippen molar-refractivity contribution in [3.8, 4) is 0 Å². The lowest BCUT2D eigenvalue weighted by Gasteiger charge is -2.15. The summed E-state index contributed by atoms with van der Waals surface area (Å²) in [6, 6.07) is 16.1. The van der Waals surface area contributed by atoms with Gasteiger partial charge in [0, 0.05) is 15.9 Å². The second kappa shape index (κ2) is 6.79. The molecule has 1 unspecified atom stereocenters. The van der Waals surface area contributed by atoms with Crippen LogP contribution in [0.15, 0.2) is 63.7 Å². The van der Waals surface area contributed by atoms with Gasteiger partial charge in [0.05, 0.1) is 10.6 Å². The highest BCUT2D eigenvalue weighted by Gasteiger charge is 2.18. The first-order chi connectivity index (χ1) is 10.2. The van der Waals surface area contributed by atoms with Crippen molar-refractivity contribution in [3.63, 3.8) is 0 Å². The molecule has 2 heterocycles. The quantitative estimate of drug-likeness (QED) is 0.618. The van der Waals surface area contributed by atoms with E-state index in [2.05, 4.69) is 33.4 Å². The van der Waals surface area contributed by atoms with Crippen molar-refractivity contribution in [2.75, 3.05) is 0 Å². The summed E-state index contributed by atoms with van der Waals surface area (Å²) in [7, 11) is 0. The molecule has 3 rings (SSSR count). The van der Waals surface area contributed by atoms with E-state index in [9.17, 15) is 0 Å². The molecule has 0 saturated heterocycles. The molecule has 0 bridgehead atoms. The number of halogens is 2. The standard InChI is InChI=1S/C16H13BrClNOS/c17-12-4-1-3-11(9-12)10-19-16(13-5-2-8-20-13)14-6-7-15(18)21-14/h1-9,16,19H,10H2. The van der Waals surface area contributed by atoms with Crippen molar-refractivity contribution >= 4 is 38.9 Å². The van der Waals surface area contributed by atoms with Gasteiger partial charge in [0.1, 0.15) is 11.8 Å². The van der Waals surface area contributed by atoms with Crippen LogP contribution >= 0.6 is 38.9 Å². The highest BCUT2D eigenvalue weighted by molar-refractivity contribution is 9.10. The highest BCUT2D eigenvalue weighted by atomic mass is 79.9. The molecule has 1 atom stereocenters. The molecule has 0 aliphatic carbocycles. The molecule has 1 N–H and O–H groups in total. The van der Waals surface area contributed by atoms with Gasteiger partial charge in [-0.3, -0.25) is 5.32 Å². The second-order valence-electron chi connectivity index (χ2n) is 4.60. The van der Waals surface area contributed by atoms with Gasteiger partial charge in [0.2, 0.25) is 0 Å². The minimum Gasteiger partial charge on any atom is -0.467 e. The van der Waals surface area contributed by atoms with Crippen molar-refractivity contribution in [1.29, 1.82) is 0 Å². The predicted octanol–water partition coefficient (Wildman–Crippen LogP) is 5.64. The van der Waals surface area contributed by atoms with E-state index in [-0.39, 0.29) is 6.04 Å². The molecular weight excluding hydrogens is 370 g/mol. The molecule has 0 radical (unpaired) electrons. The maximum absolute atomic E-state index is 6.06.